The third-order valence-electron chi connectivity index (χ3n) is 2.66. The number of hydrogen-bond donors (Lipinski definition) is 3. The molecule has 0 heterocycles. The van der Waals surface area contributed by atoms with Crippen molar-refractivity contribution in [2.45, 2.75) is 27.2 Å². The van der Waals surface area contributed by atoms with E-state index in [4.69, 9.17) is 28.6 Å². The van der Waals surface area contributed by atoms with Gasteiger partial charge in [0.1, 0.15) is 5.75 Å². The number of aryl methyl sites for hydroxylation is 1. The molecule has 0 bridgehead atoms. The molecule has 0 unspecified atom stereocenters. The predicted molar refractivity (Wildman–Crippen MR) is 93.2 cm³/mol. The van der Waals surface area contributed by atoms with Crippen molar-refractivity contribution < 1.29 is 14.3 Å². The quantitative estimate of drug-likeness (QED) is 0.555. The molecule has 0 aromatic heterocycles. The highest BCUT2D eigenvalue weighted by Crippen LogP contribution is 2.21. The lowest BCUT2D eigenvalue weighted by atomic mass is 10.1. The van der Waals surface area contributed by atoms with E-state index in [0.717, 1.165) is 5.56 Å². The zero-order valence-electron chi connectivity index (χ0n) is 13.2. The number of rotatable bonds is 5. The molecule has 8 heteroatoms. The van der Waals surface area contributed by atoms with E-state index in [-0.39, 0.29) is 23.5 Å². The fourth-order valence-electron chi connectivity index (χ4n) is 1.66. The monoisotopic (exact) mass is 357 g/mol. The highest BCUT2D eigenvalue weighted by molar-refractivity contribution is 7.80. The molecule has 0 fully saturated rings. The molecule has 0 spiro atoms. The SMILES string of the molecule is Cc1cc(Cl)ccc1OCC(=O)NNC(=S)NC(=O)CC(C)C. The van der Waals surface area contributed by atoms with Crippen LogP contribution in [0.4, 0.5) is 0 Å². The van der Waals surface area contributed by atoms with Crippen molar-refractivity contribution in [1.82, 2.24) is 16.2 Å². The lowest BCUT2D eigenvalue weighted by Crippen LogP contribution is -2.49. The standard InChI is InChI=1S/C15H20ClN3O3S/c1-9(2)6-13(20)17-15(23)19-18-14(21)8-22-12-5-4-11(16)7-10(12)3/h4-5,7,9H,6,8H2,1-3H3,(H,18,21)(H2,17,19,20,23). The third-order valence-corrected chi connectivity index (χ3v) is 3.10. The lowest BCUT2D eigenvalue weighted by molar-refractivity contribution is -0.124. The van der Waals surface area contributed by atoms with Gasteiger partial charge < -0.3 is 10.1 Å². The zero-order valence-corrected chi connectivity index (χ0v) is 14.8. The zero-order chi connectivity index (χ0) is 17.4. The Balaban J connectivity index is 2.31. The van der Waals surface area contributed by atoms with Gasteiger partial charge in [-0.2, -0.15) is 0 Å². The first-order chi connectivity index (χ1) is 10.8. The van der Waals surface area contributed by atoms with Crippen molar-refractivity contribution in [3.8, 4) is 5.75 Å². The molecule has 0 aliphatic rings. The maximum absolute atomic E-state index is 11.7. The van der Waals surface area contributed by atoms with Gasteiger partial charge in [0.15, 0.2) is 11.7 Å². The average molecular weight is 358 g/mol. The molecule has 0 aliphatic carbocycles. The highest BCUT2D eigenvalue weighted by atomic mass is 35.5. The summed E-state index contributed by atoms with van der Waals surface area (Å²) >= 11 is 10.7. The second kappa shape index (κ2) is 9.32. The largest absolute Gasteiger partial charge is 0.483 e. The molecule has 1 rings (SSSR count). The number of hydrazine groups is 1. The van der Waals surface area contributed by atoms with Crippen molar-refractivity contribution in [3.63, 3.8) is 0 Å². The van der Waals surface area contributed by atoms with Gasteiger partial charge in [0.25, 0.3) is 5.91 Å². The van der Waals surface area contributed by atoms with Crippen LogP contribution in [0.2, 0.25) is 5.02 Å². The minimum absolute atomic E-state index is 0.0340. The Morgan fingerprint density at radius 2 is 1.96 bits per heavy atom. The summed E-state index contributed by atoms with van der Waals surface area (Å²) in [5.41, 5.74) is 5.62. The van der Waals surface area contributed by atoms with E-state index in [1.807, 2.05) is 20.8 Å². The maximum atomic E-state index is 11.7. The molecule has 1 aromatic carbocycles. The Labute approximate surface area is 145 Å². The molecule has 0 radical (unpaired) electrons. The molecule has 0 saturated carbocycles. The molecule has 0 aliphatic heterocycles. The van der Waals surface area contributed by atoms with Gasteiger partial charge in [0.2, 0.25) is 5.91 Å². The fraction of sp³-hybridized carbons (Fsp3) is 0.400. The molecule has 126 valence electrons. The Kier molecular flexibility index (Phi) is 7.77. The molecule has 23 heavy (non-hydrogen) atoms. The Hall–Kier alpha value is -1.86. The van der Waals surface area contributed by atoms with Crippen molar-refractivity contribution in [2.24, 2.45) is 5.92 Å². The van der Waals surface area contributed by atoms with Crippen LogP contribution in [0.5, 0.6) is 5.75 Å². The normalized spacial score (nSPS) is 10.1. The van der Waals surface area contributed by atoms with Crippen LogP contribution in [0.25, 0.3) is 0 Å². The molecular formula is C15H20ClN3O3S. The first kappa shape index (κ1) is 19.2. The van der Waals surface area contributed by atoms with Crippen LogP contribution < -0.4 is 20.9 Å². The summed E-state index contributed by atoms with van der Waals surface area (Å²) < 4.78 is 5.38. The van der Waals surface area contributed by atoms with E-state index in [2.05, 4.69) is 16.2 Å². The van der Waals surface area contributed by atoms with Crippen LogP contribution in [-0.2, 0) is 9.59 Å². The van der Waals surface area contributed by atoms with Gasteiger partial charge in [-0.15, -0.1) is 0 Å². The highest BCUT2D eigenvalue weighted by Gasteiger charge is 2.09. The number of amides is 2. The van der Waals surface area contributed by atoms with Crippen molar-refractivity contribution in [2.75, 3.05) is 6.61 Å². The molecule has 6 nitrogen and oxygen atoms in total. The number of halogens is 1. The van der Waals surface area contributed by atoms with Crippen LogP contribution in [0.3, 0.4) is 0 Å². The molecule has 1 aromatic rings. The first-order valence-corrected chi connectivity index (χ1v) is 7.84. The summed E-state index contributed by atoms with van der Waals surface area (Å²) in [5.74, 6) is 0.153. The minimum atomic E-state index is -0.431. The number of hydrogen-bond acceptors (Lipinski definition) is 4. The number of nitrogens with one attached hydrogen (secondary N) is 3. The van der Waals surface area contributed by atoms with Crippen molar-refractivity contribution in [3.05, 3.63) is 28.8 Å². The van der Waals surface area contributed by atoms with E-state index in [0.29, 0.717) is 17.2 Å². The van der Waals surface area contributed by atoms with Crippen LogP contribution in [0, 0.1) is 12.8 Å². The second-order valence-corrected chi connectivity index (χ2v) is 6.19. The van der Waals surface area contributed by atoms with Crippen LogP contribution in [0.1, 0.15) is 25.8 Å². The van der Waals surface area contributed by atoms with Crippen molar-refractivity contribution in [1.29, 1.82) is 0 Å². The molecule has 0 atom stereocenters. The number of thiocarbonyl (C=S) groups is 1. The first-order valence-electron chi connectivity index (χ1n) is 7.05. The Morgan fingerprint density at radius 1 is 1.26 bits per heavy atom. The van der Waals surface area contributed by atoms with Gasteiger partial charge >= 0.3 is 0 Å². The number of carbonyl (C=O) groups is 2. The van der Waals surface area contributed by atoms with E-state index in [1.54, 1.807) is 18.2 Å². The molecule has 3 N–H and O–H groups in total. The average Bonchev–Trinajstić information content (AvgIpc) is 2.43. The summed E-state index contributed by atoms with van der Waals surface area (Å²) in [6, 6.07) is 5.11. The second-order valence-electron chi connectivity index (χ2n) is 5.35. The number of carbonyl (C=O) groups excluding carboxylic acids is 2. The topological polar surface area (TPSA) is 79.5 Å². The van der Waals surface area contributed by atoms with E-state index in [1.165, 1.54) is 0 Å². The van der Waals surface area contributed by atoms with Gasteiger partial charge in [-0.25, -0.2) is 0 Å². The van der Waals surface area contributed by atoms with E-state index < -0.39 is 5.91 Å². The van der Waals surface area contributed by atoms with Crippen molar-refractivity contribution >= 4 is 40.7 Å². The van der Waals surface area contributed by atoms with E-state index >= 15 is 0 Å². The fourth-order valence-corrected chi connectivity index (χ4v) is 2.05. The summed E-state index contributed by atoms with van der Waals surface area (Å²) in [5, 5.41) is 3.10. The third kappa shape index (κ3) is 7.80. The molecule has 2 amide bonds. The molecular weight excluding hydrogens is 338 g/mol. The van der Waals surface area contributed by atoms with Gasteiger partial charge in [0.05, 0.1) is 0 Å². The summed E-state index contributed by atoms with van der Waals surface area (Å²) in [6.07, 6.45) is 0.356. The van der Waals surface area contributed by atoms with Crippen LogP contribution >= 0.6 is 23.8 Å². The number of benzene rings is 1. The summed E-state index contributed by atoms with van der Waals surface area (Å²) in [6.45, 7) is 5.48. The Bertz CT molecular complexity index is 593. The van der Waals surface area contributed by atoms with E-state index in [9.17, 15) is 9.59 Å². The lowest BCUT2D eigenvalue weighted by Gasteiger charge is -2.12. The van der Waals surface area contributed by atoms with Gasteiger partial charge in [0, 0.05) is 11.4 Å². The van der Waals surface area contributed by atoms with Crippen LogP contribution in [-0.4, -0.2) is 23.5 Å². The predicted octanol–water partition coefficient (Wildman–Crippen LogP) is 2.10. The van der Waals surface area contributed by atoms with Crippen LogP contribution in [0.15, 0.2) is 18.2 Å². The number of ether oxygens (including phenoxy) is 1. The molecule has 0 saturated heterocycles. The minimum Gasteiger partial charge on any atom is -0.483 e. The summed E-state index contributed by atoms with van der Waals surface area (Å²) in [7, 11) is 0. The maximum Gasteiger partial charge on any atom is 0.276 e. The van der Waals surface area contributed by atoms with Gasteiger partial charge in [-0.05, 0) is 48.8 Å². The smallest absolute Gasteiger partial charge is 0.276 e. The summed E-state index contributed by atoms with van der Waals surface area (Å²) in [4.78, 5) is 23.2. The Morgan fingerprint density at radius 3 is 2.57 bits per heavy atom. The van der Waals surface area contributed by atoms with Gasteiger partial charge in [-0.1, -0.05) is 25.4 Å². The van der Waals surface area contributed by atoms with Gasteiger partial charge in [-0.3, -0.25) is 20.4 Å².